The number of methoxy groups -OCH3 is 3. The van der Waals surface area contributed by atoms with Gasteiger partial charge in [-0.15, -0.1) is 0 Å². The van der Waals surface area contributed by atoms with Crippen LogP contribution in [0.25, 0.3) is 0 Å². The zero-order valence-corrected chi connectivity index (χ0v) is 15.3. The molecule has 0 aliphatic heterocycles. The second-order valence-electron chi connectivity index (χ2n) is 5.19. The summed E-state index contributed by atoms with van der Waals surface area (Å²) in [5.74, 6) is 0.370. The summed E-state index contributed by atoms with van der Waals surface area (Å²) in [6.07, 6.45) is -0.370. The van der Waals surface area contributed by atoms with Crippen LogP contribution >= 0.6 is 11.6 Å². The lowest BCUT2D eigenvalue weighted by atomic mass is 10.2. The molecular formula is C18H19ClN2O5. The average Bonchev–Trinajstić information content (AvgIpc) is 2.62. The summed E-state index contributed by atoms with van der Waals surface area (Å²) >= 11 is 6.02. The molecular weight excluding hydrogens is 360 g/mol. The van der Waals surface area contributed by atoms with Crippen LogP contribution in [-0.2, 0) is 9.59 Å². The van der Waals surface area contributed by atoms with E-state index in [-0.39, 0.29) is 6.42 Å². The van der Waals surface area contributed by atoms with Gasteiger partial charge in [0.25, 0.3) is 0 Å². The summed E-state index contributed by atoms with van der Waals surface area (Å²) in [6, 6.07) is 9.89. The quantitative estimate of drug-likeness (QED) is 0.722. The fraction of sp³-hybridized carbons (Fsp3) is 0.222. The standard InChI is InChI=1S/C18H19ClN2O5/c1-24-12-6-4-5-11(7-12)20-17(22)10-18(23)21-14-9-15(25-2)13(19)8-16(14)26-3/h4-9H,10H2,1-3H3,(H,20,22)(H,21,23). The average molecular weight is 379 g/mol. The molecule has 0 heterocycles. The van der Waals surface area contributed by atoms with Gasteiger partial charge in [-0.1, -0.05) is 17.7 Å². The Morgan fingerprint density at radius 1 is 0.923 bits per heavy atom. The maximum Gasteiger partial charge on any atom is 0.233 e. The van der Waals surface area contributed by atoms with Crippen molar-refractivity contribution >= 4 is 34.8 Å². The Balaban J connectivity index is 2.02. The third-order valence-corrected chi connectivity index (χ3v) is 3.72. The summed E-state index contributed by atoms with van der Waals surface area (Å²) in [6.45, 7) is 0. The van der Waals surface area contributed by atoms with Crippen LogP contribution in [0.1, 0.15) is 6.42 Å². The summed E-state index contributed by atoms with van der Waals surface area (Å²) in [7, 11) is 4.44. The summed E-state index contributed by atoms with van der Waals surface area (Å²) in [5.41, 5.74) is 0.890. The highest BCUT2D eigenvalue weighted by molar-refractivity contribution is 6.32. The molecule has 2 aromatic carbocycles. The highest BCUT2D eigenvalue weighted by Crippen LogP contribution is 2.35. The molecule has 7 nitrogen and oxygen atoms in total. The molecule has 0 aliphatic carbocycles. The molecule has 0 saturated heterocycles. The van der Waals surface area contributed by atoms with Gasteiger partial charge in [-0.05, 0) is 12.1 Å². The lowest BCUT2D eigenvalue weighted by Crippen LogP contribution is -2.21. The molecule has 8 heteroatoms. The Kier molecular flexibility index (Phi) is 6.68. The highest BCUT2D eigenvalue weighted by atomic mass is 35.5. The van der Waals surface area contributed by atoms with Crippen molar-refractivity contribution in [3.05, 3.63) is 41.4 Å². The van der Waals surface area contributed by atoms with Gasteiger partial charge < -0.3 is 24.8 Å². The molecule has 0 unspecified atom stereocenters. The molecule has 0 aliphatic rings. The number of carbonyl (C=O) groups is 2. The zero-order chi connectivity index (χ0) is 19.1. The van der Waals surface area contributed by atoms with Gasteiger partial charge in [-0.25, -0.2) is 0 Å². The van der Waals surface area contributed by atoms with Gasteiger partial charge in [0.1, 0.15) is 23.7 Å². The zero-order valence-electron chi connectivity index (χ0n) is 14.6. The first kappa shape index (κ1) is 19.4. The molecule has 26 heavy (non-hydrogen) atoms. The predicted molar refractivity (Wildman–Crippen MR) is 99.4 cm³/mol. The van der Waals surface area contributed by atoms with Crippen LogP contribution < -0.4 is 24.8 Å². The van der Waals surface area contributed by atoms with Crippen LogP contribution in [0.4, 0.5) is 11.4 Å². The predicted octanol–water partition coefficient (Wildman–Crippen LogP) is 3.33. The van der Waals surface area contributed by atoms with Crippen LogP contribution in [0.5, 0.6) is 17.2 Å². The maximum atomic E-state index is 12.2. The van der Waals surface area contributed by atoms with Crippen molar-refractivity contribution < 1.29 is 23.8 Å². The van der Waals surface area contributed by atoms with Crippen LogP contribution in [0, 0.1) is 0 Å². The number of ether oxygens (including phenoxy) is 3. The van der Waals surface area contributed by atoms with Gasteiger partial charge in [0, 0.05) is 23.9 Å². The molecule has 2 rings (SSSR count). The molecule has 0 radical (unpaired) electrons. The van der Waals surface area contributed by atoms with E-state index in [2.05, 4.69) is 10.6 Å². The Morgan fingerprint density at radius 2 is 1.62 bits per heavy atom. The molecule has 0 bridgehead atoms. The second-order valence-corrected chi connectivity index (χ2v) is 5.60. The van der Waals surface area contributed by atoms with Gasteiger partial charge in [-0.3, -0.25) is 9.59 Å². The van der Waals surface area contributed by atoms with Gasteiger partial charge in [0.2, 0.25) is 11.8 Å². The van der Waals surface area contributed by atoms with Crippen molar-refractivity contribution in [2.75, 3.05) is 32.0 Å². The topological polar surface area (TPSA) is 85.9 Å². The fourth-order valence-corrected chi connectivity index (χ4v) is 2.44. The molecule has 0 aromatic heterocycles. The first-order valence-corrected chi connectivity index (χ1v) is 8.00. The fourth-order valence-electron chi connectivity index (χ4n) is 2.20. The van der Waals surface area contributed by atoms with E-state index in [9.17, 15) is 9.59 Å². The maximum absolute atomic E-state index is 12.2. The number of rotatable bonds is 7. The molecule has 138 valence electrons. The number of anilines is 2. The number of hydrogen-bond acceptors (Lipinski definition) is 5. The molecule has 0 spiro atoms. The van der Waals surface area contributed by atoms with E-state index in [1.165, 1.54) is 33.5 Å². The van der Waals surface area contributed by atoms with E-state index in [1.54, 1.807) is 24.3 Å². The van der Waals surface area contributed by atoms with Crippen molar-refractivity contribution in [2.24, 2.45) is 0 Å². The summed E-state index contributed by atoms with van der Waals surface area (Å²) in [4.78, 5) is 24.2. The minimum atomic E-state index is -0.506. The van der Waals surface area contributed by atoms with Crippen molar-refractivity contribution in [1.29, 1.82) is 0 Å². The van der Waals surface area contributed by atoms with Gasteiger partial charge in [-0.2, -0.15) is 0 Å². The first-order valence-electron chi connectivity index (χ1n) is 7.62. The summed E-state index contributed by atoms with van der Waals surface area (Å²) < 4.78 is 15.4. The Labute approximate surface area is 156 Å². The number of halogens is 1. The minimum absolute atomic E-state index is 0.345. The largest absolute Gasteiger partial charge is 0.497 e. The molecule has 2 aromatic rings. The third-order valence-electron chi connectivity index (χ3n) is 3.42. The molecule has 0 atom stereocenters. The van der Waals surface area contributed by atoms with Crippen molar-refractivity contribution in [3.8, 4) is 17.2 Å². The lowest BCUT2D eigenvalue weighted by Gasteiger charge is -2.13. The minimum Gasteiger partial charge on any atom is -0.497 e. The third kappa shape index (κ3) is 5.03. The van der Waals surface area contributed by atoms with E-state index in [0.29, 0.717) is 33.6 Å². The number of carbonyl (C=O) groups excluding carboxylic acids is 2. The number of nitrogens with one attached hydrogen (secondary N) is 2. The second kappa shape index (κ2) is 8.96. The van der Waals surface area contributed by atoms with Crippen LogP contribution in [-0.4, -0.2) is 33.1 Å². The van der Waals surface area contributed by atoms with E-state index in [0.717, 1.165) is 0 Å². The SMILES string of the molecule is COc1cccc(NC(=O)CC(=O)Nc2cc(OC)c(Cl)cc2OC)c1. The van der Waals surface area contributed by atoms with E-state index >= 15 is 0 Å². The Bertz CT molecular complexity index is 810. The van der Waals surface area contributed by atoms with Crippen LogP contribution in [0.2, 0.25) is 5.02 Å². The highest BCUT2D eigenvalue weighted by Gasteiger charge is 2.15. The molecule has 2 amide bonds. The Morgan fingerprint density at radius 3 is 2.27 bits per heavy atom. The van der Waals surface area contributed by atoms with Crippen molar-refractivity contribution in [1.82, 2.24) is 0 Å². The van der Waals surface area contributed by atoms with Crippen LogP contribution in [0.3, 0.4) is 0 Å². The number of amides is 2. The van der Waals surface area contributed by atoms with Crippen molar-refractivity contribution in [2.45, 2.75) is 6.42 Å². The number of hydrogen-bond donors (Lipinski definition) is 2. The van der Waals surface area contributed by atoms with Gasteiger partial charge in [0.05, 0.1) is 32.0 Å². The first-order chi connectivity index (χ1) is 12.5. The van der Waals surface area contributed by atoms with Crippen LogP contribution in [0.15, 0.2) is 36.4 Å². The molecule has 2 N–H and O–H groups in total. The molecule has 0 fully saturated rings. The smallest absolute Gasteiger partial charge is 0.233 e. The van der Waals surface area contributed by atoms with E-state index in [4.69, 9.17) is 25.8 Å². The van der Waals surface area contributed by atoms with Gasteiger partial charge >= 0.3 is 0 Å². The summed E-state index contributed by atoms with van der Waals surface area (Å²) in [5, 5.41) is 5.60. The number of benzene rings is 2. The Hall–Kier alpha value is -2.93. The lowest BCUT2D eigenvalue weighted by molar-refractivity contribution is -0.123. The molecule has 0 saturated carbocycles. The van der Waals surface area contributed by atoms with E-state index < -0.39 is 11.8 Å². The normalized spacial score (nSPS) is 10.0. The monoisotopic (exact) mass is 378 g/mol. The van der Waals surface area contributed by atoms with E-state index in [1.807, 2.05) is 0 Å². The van der Waals surface area contributed by atoms with Crippen molar-refractivity contribution in [3.63, 3.8) is 0 Å². The van der Waals surface area contributed by atoms with Gasteiger partial charge in [0.15, 0.2) is 0 Å².